The minimum absolute atomic E-state index is 0.0306. The highest BCUT2D eigenvalue weighted by Crippen LogP contribution is 2.16. The number of carbonyl (C=O) groups excluding carboxylic acids is 1. The third kappa shape index (κ3) is 4.13. The number of thiophene rings is 1. The lowest BCUT2D eigenvalue weighted by Gasteiger charge is -2.13. The number of hydrogen-bond donors (Lipinski definition) is 2. The Labute approximate surface area is 126 Å². The number of amides is 1. The van der Waals surface area contributed by atoms with Crippen LogP contribution in [-0.4, -0.2) is 28.0 Å². The van der Waals surface area contributed by atoms with Gasteiger partial charge in [-0.3, -0.25) is 4.79 Å². The summed E-state index contributed by atoms with van der Waals surface area (Å²) in [5.41, 5.74) is 0.167. The lowest BCUT2D eigenvalue weighted by atomic mass is 10.1. The van der Waals surface area contributed by atoms with Crippen LogP contribution >= 0.6 is 11.3 Å². The maximum Gasteiger partial charge on any atom is 0.354 e. The summed E-state index contributed by atoms with van der Waals surface area (Å²) < 4.78 is 0. The van der Waals surface area contributed by atoms with Gasteiger partial charge < -0.3 is 10.4 Å². The number of carboxylic acid groups (broad SMARTS) is 1. The summed E-state index contributed by atoms with van der Waals surface area (Å²) >= 11 is 1.71. The molecule has 110 valence electrons. The maximum atomic E-state index is 12.1. The fourth-order valence-corrected chi connectivity index (χ4v) is 2.96. The molecule has 0 aromatic carbocycles. The predicted molar refractivity (Wildman–Crippen MR) is 80.9 cm³/mol. The Morgan fingerprint density at radius 1 is 1.38 bits per heavy atom. The first kappa shape index (κ1) is 15.2. The van der Waals surface area contributed by atoms with Crippen molar-refractivity contribution in [2.24, 2.45) is 0 Å². The molecule has 0 bridgehead atoms. The van der Waals surface area contributed by atoms with Crippen molar-refractivity contribution in [2.45, 2.75) is 26.3 Å². The van der Waals surface area contributed by atoms with E-state index in [4.69, 9.17) is 5.11 Å². The van der Waals surface area contributed by atoms with E-state index in [0.717, 1.165) is 6.42 Å². The molecule has 0 fully saturated rings. The fourth-order valence-electron chi connectivity index (χ4n) is 1.94. The molecule has 0 aliphatic carbocycles. The molecule has 0 radical (unpaired) electrons. The van der Waals surface area contributed by atoms with Gasteiger partial charge in [0.2, 0.25) is 0 Å². The van der Waals surface area contributed by atoms with E-state index in [9.17, 15) is 9.59 Å². The minimum Gasteiger partial charge on any atom is -0.477 e. The maximum absolute atomic E-state index is 12.1. The fraction of sp³-hybridized carbons (Fsp3) is 0.267. The number of pyridine rings is 1. The number of rotatable bonds is 5. The molecule has 1 atom stereocenters. The molecule has 0 saturated heterocycles. The van der Waals surface area contributed by atoms with Crippen molar-refractivity contribution >= 4 is 23.2 Å². The number of aromatic nitrogens is 1. The summed E-state index contributed by atoms with van der Waals surface area (Å²) in [7, 11) is 0. The number of nitrogens with zero attached hydrogens (tertiary/aromatic N) is 1. The zero-order valence-corrected chi connectivity index (χ0v) is 12.6. The van der Waals surface area contributed by atoms with E-state index in [0.29, 0.717) is 5.56 Å². The molecule has 2 heterocycles. The summed E-state index contributed by atoms with van der Waals surface area (Å²) in [4.78, 5) is 29.1. The number of hydrogen-bond acceptors (Lipinski definition) is 4. The van der Waals surface area contributed by atoms with E-state index < -0.39 is 5.97 Å². The van der Waals surface area contributed by atoms with Crippen LogP contribution in [0.4, 0.5) is 0 Å². The number of aryl methyl sites for hydroxylation is 1. The van der Waals surface area contributed by atoms with Crippen molar-refractivity contribution in [3.05, 3.63) is 51.5 Å². The summed E-state index contributed by atoms with van der Waals surface area (Å²) in [5, 5.41) is 11.7. The van der Waals surface area contributed by atoms with Crippen LogP contribution in [0.5, 0.6) is 0 Å². The molecule has 2 aromatic rings. The van der Waals surface area contributed by atoms with Crippen LogP contribution < -0.4 is 5.32 Å². The van der Waals surface area contributed by atoms with Gasteiger partial charge in [-0.1, -0.05) is 0 Å². The van der Waals surface area contributed by atoms with Gasteiger partial charge in [-0.15, -0.1) is 11.3 Å². The molecule has 5 nitrogen and oxygen atoms in total. The third-order valence-electron chi connectivity index (χ3n) is 2.92. The third-order valence-corrected chi connectivity index (χ3v) is 3.95. The summed E-state index contributed by atoms with van der Waals surface area (Å²) in [6, 6.07) is 6.86. The van der Waals surface area contributed by atoms with E-state index in [1.54, 1.807) is 11.3 Å². The number of aromatic carboxylic acids is 1. The van der Waals surface area contributed by atoms with Gasteiger partial charge in [0.25, 0.3) is 5.91 Å². The Morgan fingerprint density at radius 3 is 2.76 bits per heavy atom. The van der Waals surface area contributed by atoms with Gasteiger partial charge in [0, 0.05) is 34.0 Å². The van der Waals surface area contributed by atoms with Gasteiger partial charge in [-0.2, -0.15) is 0 Å². The predicted octanol–water partition coefficient (Wildman–Crippen LogP) is 2.51. The molecule has 2 rings (SSSR count). The van der Waals surface area contributed by atoms with Crippen molar-refractivity contribution in [2.75, 3.05) is 0 Å². The Balaban J connectivity index is 2.00. The lowest BCUT2D eigenvalue weighted by Crippen LogP contribution is -2.34. The Morgan fingerprint density at radius 2 is 2.14 bits per heavy atom. The molecule has 1 amide bonds. The Kier molecular flexibility index (Phi) is 4.70. The zero-order chi connectivity index (χ0) is 15.4. The highest BCUT2D eigenvalue weighted by Gasteiger charge is 2.13. The quantitative estimate of drug-likeness (QED) is 0.889. The molecule has 21 heavy (non-hydrogen) atoms. The average Bonchev–Trinajstić information content (AvgIpc) is 2.83. The van der Waals surface area contributed by atoms with E-state index in [2.05, 4.69) is 22.4 Å². The van der Waals surface area contributed by atoms with E-state index in [1.807, 2.05) is 13.8 Å². The van der Waals surface area contributed by atoms with Crippen molar-refractivity contribution in [1.82, 2.24) is 10.3 Å². The van der Waals surface area contributed by atoms with E-state index >= 15 is 0 Å². The molecule has 0 saturated carbocycles. The van der Waals surface area contributed by atoms with Crippen molar-refractivity contribution in [3.63, 3.8) is 0 Å². The second-order valence-corrected chi connectivity index (χ2v) is 6.20. The van der Waals surface area contributed by atoms with E-state index in [1.165, 1.54) is 28.1 Å². The number of carboxylic acids is 1. The zero-order valence-electron chi connectivity index (χ0n) is 11.8. The largest absolute Gasteiger partial charge is 0.477 e. The molecular formula is C15H16N2O3S. The molecule has 2 N–H and O–H groups in total. The highest BCUT2D eigenvalue weighted by molar-refractivity contribution is 7.11. The minimum atomic E-state index is -1.15. The van der Waals surface area contributed by atoms with Crippen LogP contribution in [0.15, 0.2) is 30.5 Å². The molecule has 0 spiro atoms. The van der Waals surface area contributed by atoms with Gasteiger partial charge in [0.15, 0.2) is 0 Å². The monoisotopic (exact) mass is 304 g/mol. The van der Waals surface area contributed by atoms with Crippen LogP contribution in [0.2, 0.25) is 0 Å². The topological polar surface area (TPSA) is 79.3 Å². The summed E-state index contributed by atoms with van der Waals surface area (Å²) in [6.45, 7) is 3.97. The molecular weight excluding hydrogens is 288 g/mol. The Bertz CT molecular complexity index is 666. The average molecular weight is 304 g/mol. The lowest BCUT2D eigenvalue weighted by molar-refractivity contribution is 0.0690. The van der Waals surface area contributed by atoms with Crippen LogP contribution in [0.1, 0.15) is 37.5 Å². The van der Waals surface area contributed by atoms with Gasteiger partial charge in [-0.25, -0.2) is 9.78 Å². The molecule has 1 unspecified atom stereocenters. The van der Waals surface area contributed by atoms with Gasteiger partial charge in [0.1, 0.15) is 5.69 Å². The van der Waals surface area contributed by atoms with Crippen LogP contribution in [-0.2, 0) is 6.42 Å². The van der Waals surface area contributed by atoms with Crippen LogP contribution in [0, 0.1) is 6.92 Å². The van der Waals surface area contributed by atoms with Crippen molar-refractivity contribution < 1.29 is 14.7 Å². The van der Waals surface area contributed by atoms with Gasteiger partial charge in [-0.05, 0) is 38.1 Å². The van der Waals surface area contributed by atoms with Crippen molar-refractivity contribution in [1.29, 1.82) is 0 Å². The van der Waals surface area contributed by atoms with E-state index in [-0.39, 0.29) is 17.6 Å². The second kappa shape index (κ2) is 6.49. The normalized spacial score (nSPS) is 11.9. The standard InChI is InChI=1S/C15H16N2O3S/c1-9(7-12-4-3-10(2)21-12)17-14(18)11-5-6-16-13(8-11)15(19)20/h3-6,8-9H,7H2,1-2H3,(H,17,18)(H,19,20). The van der Waals surface area contributed by atoms with Gasteiger partial charge >= 0.3 is 5.97 Å². The molecule has 0 aliphatic rings. The molecule has 0 aliphatic heterocycles. The van der Waals surface area contributed by atoms with Gasteiger partial charge in [0.05, 0.1) is 0 Å². The molecule has 6 heteroatoms. The first-order valence-electron chi connectivity index (χ1n) is 6.51. The number of nitrogens with one attached hydrogen (secondary N) is 1. The first-order valence-corrected chi connectivity index (χ1v) is 7.33. The first-order chi connectivity index (χ1) is 9.95. The summed E-state index contributed by atoms with van der Waals surface area (Å²) in [6.07, 6.45) is 2.08. The highest BCUT2D eigenvalue weighted by atomic mass is 32.1. The summed E-state index contributed by atoms with van der Waals surface area (Å²) in [5.74, 6) is -1.44. The number of carbonyl (C=O) groups is 2. The second-order valence-electron chi connectivity index (χ2n) is 4.83. The SMILES string of the molecule is Cc1ccc(CC(C)NC(=O)c2ccnc(C(=O)O)c2)s1. The van der Waals surface area contributed by atoms with Crippen LogP contribution in [0.3, 0.4) is 0 Å². The van der Waals surface area contributed by atoms with Crippen molar-refractivity contribution in [3.8, 4) is 0 Å². The molecule has 2 aromatic heterocycles. The smallest absolute Gasteiger partial charge is 0.354 e. The van der Waals surface area contributed by atoms with Crippen LogP contribution in [0.25, 0.3) is 0 Å². The Hall–Kier alpha value is -2.21.